The quantitative estimate of drug-likeness (QED) is 0.209. The number of rotatable bonds is 9. The third kappa shape index (κ3) is 6.74. The topological polar surface area (TPSA) is 0 Å². The highest BCUT2D eigenvalue weighted by Crippen LogP contribution is 2.30. The summed E-state index contributed by atoms with van der Waals surface area (Å²) < 4.78 is 0. The zero-order valence-electron chi connectivity index (χ0n) is 22.2. The first-order chi connectivity index (χ1) is 18.1. The normalized spacial score (nSPS) is 11.5. The van der Waals surface area contributed by atoms with Crippen molar-refractivity contribution >= 4 is 11.6 Å². The van der Waals surface area contributed by atoms with E-state index in [1.165, 1.54) is 55.7 Å². The molecule has 0 saturated heterocycles. The Balaban J connectivity index is 1.72. The van der Waals surface area contributed by atoms with Gasteiger partial charge in [-0.25, -0.2) is 0 Å². The van der Waals surface area contributed by atoms with Crippen LogP contribution < -0.4 is 0 Å². The minimum atomic E-state index is 0.861. The van der Waals surface area contributed by atoms with Crippen LogP contribution in [-0.4, -0.2) is 0 Å². The van der Waals surface area contributed by atoms with Crippen molar-refractivity contribution in [3.63, 3.8) is 0 Å². The zero-order chi connectivity index (χ0) is 26.0. The lowest BCUT2D eigenvalue weighted by Crippen LogP contribution is -1.99. The molecule has 0 N–H and O–H groups in total. The van der Waals surface area contributed by atoms with Crippen LogP contribution in [0.3, 0.4) is 0 Å². The van der Waals surface area contributed by atoms with E-state index in [1.54, 1.807) is 0 Å². The lowest BCUT2D eigenvalue weighted by molar-refractivity contribution is 1.17. The van der Waals surface area contributed by atoms with Crippen LogP contribution in [0.2, 0.25) is 0 Å². The molecule has 0 aliphatic heterocycles. The number of allylic oxidation sites excluding steroid dienone is 6. The minimum Gasteiger partial charge on any atom is -0.0990 e. The molecule has 4 aromatic rings. The van der Waals surface area contributed by atoms with E-state index in [-0.39, 0.29) is 0 Å². The van der Waals surface area contributed by atoms with E-state index in [4.69, 9.17) is 0 Å². The van der Waals surface area contributed by atoms with Gasteiger partial charge in [0.15, 0.2) is 0 Å². The highest BCUT2D eigenvalue weighted by atomic mass is 14.2. The molecule has 0 unspecified atom stereocenters. The van der Waals surface area contributed by atoms with E-state index in [1.807, 2.05) is 6.08 Å². The molecule has 0 heterocycles. The second-order valence-electron chi connectivity index (χ2n) is 9.58. The molecule has 4 rings (SSSR count). The largest absolute Gasteiger partial charge is 0.0990 e. The van der Waals surface area contributed by atoms with Crippen LogP contribution in [0.25, 0.3) is 33.9 Å². The number of hydrogen-bond donors (Lipinski definition) is 0. The maximum Gasteiger partial charge on any atom is -0.00134 e. The van der Waals surface area contributed by atoms with Crippen LogP contribution in [0.4, 0.5) is 0 Å². The highest BCUT2D eigenvalue weighted by Gasteiger charge is 2.11. The molecule has 0 aliphatic rings. The Kier molecular flexibility index (Phi) is 8.89. The fraction of sp³-hybridized carbons (Fsp3) is 0.135. The van der Waals surface area contributed by atoms with Crippen LogP contribution in [-0.2, 0) is 6.42 Å². The molecular formula is C37H36. The average Bonchev–Trinajstić information content (AvgIpc) is 2.92. The molecule has 0 fully saturated rings. The Morgan fingerprint density at radius 2 is 1.38 bits per heavy atom. The predicted octanol–water partition coefficient (Wildman–Crippen LogP) is 10.6. The SMILES string of the molecule is C=C/C=C(\C=C/CC)c1cccc(C=C(C)C)c1Cc1cccc(-c2ccc(-c3ccccc3)cc2)c1. The van der Waals surface area contributed by atoms with Gasteiger partial charge in [-0.3, -0.25) is 0 Å². The summed E-state index contributed by atoms with van der Waals surface area (Å²) >= 11 is 0. The van der Waals surface area contributed by atoms with Crippen LogP contribution in [0.5, 0.6) is 0 Å². The molecule has 0 aromatic heterocycles. The van der Waals surface area contributed by atoms with Gasteiger partial charge in [0.1, 0.15) is 0 Å². The third-order valence-corrected chi connectivity index (χ3v) is 6.43. The summed E-state index contributed by atoms with van der Waals surface area (Å²) in [7, 11) is 0. The van der Waals surface area contributed by atoms with Gasteiger partial charge in [-0.15, -0.1) is 0 Å². The Morgan fingerprint density at radius 1 is 0.730 bits per heavy atom. The fourth-order valence-electron chi connectivity index (χ4n) is 4.68. The summed E-state index contributed by atoms with van der Waals surface area (Å²) in [5, 5.41) is 0. The second-order valence-corrected chi connectivity index (χ2v) is 9.58. The maximum atomic E-state index is 3.97. The monoisotopic (exact) mass is 480 g/mol. The van der Waals surface area contributed by atoms with Crippen molar-refractivity contribution < 1.29 is 0 Å². The van der Waals surface area contributed by atoms with Crippen LogP contribution in [0.15, 0.2) is 134 Å². The van der Waals surface area contributed by atoms with Crippen molar-refractivity contribution in [1.29, 1.82) is 0 Å². The Morgan fingerprint density at radius 3 is 2.05 bits per heavy atom. The molecule has 0 spiro atoms. The summed E-state index contributed by atoms with van der Waals surface area (Å²) in [4.78, 5) is 0. The number of hydrogen-bond acceptors (Lipinski definition) is 0. The van der Waals surface area contributed by atoms with Gasteiger partial charge in [-0.2, -0.15) is 0 Å². The van der Waals surface area contributed by atoms with Gasteiger partial charge in [0.2, 0.25) is 0 Å². The molecule has 184 valence electrons. The molecule has 0 nitrogen and oxygen atoms in total. The molecule has 4 aromatic carbocycles. The summed E-state index contributed by atoms with van der Waals surface area (Å²) in [5.41, 5.74) is 12.6. The van der Waals surface area contributed by atoms with Gasteiger partial charge < -0.3 is 0 Å². The predicted molar refractivity (Wildman–Crippen MR) is 163 cm³/mol. The first-order valence-corrected chi connectivity index (χ1v) is 13.1. The van der Waals surface area contributed by atoms with E-state index in [9.17, 15) is 0 Å². The molecule has 0 amide bonds. The Hall–Kier alpha value is -4.16. The Bertz CT molecular complexity index is 1420. The van der Waals surface area contributed by atoms with Crippen molar-refractivity contribution in [3.8, 4) is 22.3 Å². The van der Waals surface area contributed by atoms with E-state index in [2.05, 4.69) is 149 Å². The van der Waals surface area contributed by atoms with Crippen molar-refractivity contribution in [2.45, 2.75) is 33.6 Å². The first kappa shape index (κ1) is 25.9. The van der Waals surface area contributed by atoms with Crippen molar-refractivity contribution in [3.05, 3.63) is 156 Å². The summed E-state index contributed by atoms with van der Waals surface area (Å²) in [6.45, 7) is 10.5. The van der Waals surface area contributed by atoms with Crippen LogP contribution in [0.1, 0.15) is 49.4 Å². The molecule has 0 heteroatoms. The van der Waals surface area contributed by atoms with Crippen molar-refractivity contribution in [2.24, 2.45) is 0 Å². The molecule has 0 aliphatic carbocycles. The van der Waals surface area contributed by atoms with Gasteiger partial charge in [0.25, 0.3) is 0 Å². The van der Waals surface area contributed by atoms with Crippen LogP contribution >= 0.6 is 0 Å². The van der Waals surface area contributed by atoms with E-state index >= 15 is 0 Å². The number of benzene rings is 4. The smallest absolute Gasteiger partial charge is 0.00134 e. The molecular weight excluding hydrogens is 444 g/mol. The molecule has 0 saturated carbocycles. The van der Waals surface area contributed by atoms with E-state index < -0.39 is 0 Å². The summed E-state index contributed by atoms with van der Waals surface area (Å²) in [6.07, 6.45) is 12.6. The average molecular weight is 481 g/mol. The summed E-state index contributed by atoms with van der Waals surface area (Å²) in [5.74, 6) is 0. The second kappa shape index (κ2) is 12.7. The highest BCUT2D eigenvalue weighted by molar-refractivity contribution is 5.80. The van der Waals surface area contributed by atoms with Gasteiger partial charge in [-0.1, -0.05) is 147 Å². The minimum absolute atomic E-state index is 0.861. The van der Waals surface area contributed by atoms with Gasteiger partial charge in [0.05, 0.1) is 0 Å². The Labute approximate surface area is 223 Å². The first-order valence-electron chi connectivity index (χ1n) is 13.1. The zero-order valence-corrected chi connectivity index (χ0v) is 22.2. The lowest BCUT2D eigenvalue weighted by Gasteiger charge is -2.16. The van der Waals surface area contributed by atoms with Crippen molar-refractivity contribution in [1.82, 2.24) is 0 Å². The maximum absolute atomic E-state index is 3.97. The molecule has 0 bridgehead atoms. The molecule has 37 heavy (non-hydrogen) atoms. The van der Waals surface area contributed by atoms with Crippen molar-refractivity contribution in [2.75, 3.05) is 0 Å². The van der Waals surface area contributed by atoms with E-state index in [0.29, 0.717) is 0 Å². The van der Waals surface area contributed by atoms with Gasteiger partial charge in [-0.05, 0) is 76.8 Å². The fourth-order valence-corrected chi connectivity index (χ4v) is 4.68. The summed E-state index contributed by atoms with van der Waals surface area (Å²) in [6, 6.07) is 35.0. The van der Waals surface area contributed by atoms with Gasteiger partial charge in [0, 0.05) is 0 Å². The van der Waals surface area contributed by atoms with Gasteiger partial charge >= 0.3 is 0 Å². The standard InChI is InChI=1S/C37H36/c1-5-7-15-33(13-6-2)36-20-12-19-35(25-28(3)4)37(36)27-29-14-11-18-34(26-29)32-23-21-31(22-24-32)30-16-9-8-10-17-30/h6-26H,2,5,27H2,1,3-4H3/b15-7-,33-13+. The van der Waals surface area contributed by atoms with E-state index in [0.717, 1.165) is 12.8 Å². The molecule has 0 atom stereocenters. The lowest BCUT2D eigenvalue weighted by atomic mass is 9.89. The third-order valence-electron chi connectivity index (χ3n) is 6.43. The van der Waals surface area contributed by atoms with Crippen LogP contribution in [0, 0.1) is 0 Å². The molecule has 0 radical (unpaired) electrons.